The number of pyridine rings is 1. The molecule has 1 aromatic carbocycles. The van der Waals surface area contributed by atoms with Gasteiger partial charge in [-0.3, -0.25) is 14.8 Å². The zero-order valence-corrected chi connectivity index (χ0v) is 19.6. The van der Waals surface area contributed by atoms with Gasteiger partial charge in [0.2, 0.25) is 17.6 Å². The molecule has 4 heterocycles. The number of rotatable bonds is 1. The van der Waals surface area contributed by atoms with Crippen molar-refractivity contribution in [2.24, 2.45) is 23.0 Å². The molecule has 2 aromatic rings. The van der Waals surface area contributed by atoms with E-state index in [1.165, 1.54) is 17.0 Å². The summed E-state index contributed by atoms with van der Waals surface area (Å²) >= 11 is 0. The van der Waals surface area contributed by atoms with Crippen molar-refractivity contribution in [3.05, 3.63) is 54.1 Å². The highest BCUT2D eigenvalue weighted by molar-refractivity contribution is 6.29. The number of ketones is 1. The minimum absolute atomic E-state index is 0.0158. The Morgan fingerprint density at radius 2 is 1.97 bits per heavy atom. The summed E-state index contributed by atoms with van der Waals surface area (Å²) in [6, 6.07) is 8.65. The fourth-order valence-corrected chi connectivity index (χ4v) is 7.45. The summed E-state index contributed by atoms with van der Waals surface area (Å²) in [7, 11) is 0. The van der Waals surface area contributed by atoms with Crippen molar-refractivity contribution in [2.45, 2.75) is 44.2 Å². The van der Waals surface area contributed by atoms with Gasteiger partial charge in [-0.1, -0.05) is 12.1 Å². The van der Waals surface area contributed by atoms with E-state index in [-0.39, 0.29) is 17.6 Å². The predicted octanol–water partition coefficient (Wildman–Crippen LogP) is 3.08. The van der Waals surface area contributed by atoms with E-state index in [0.29, 0.717) is 30.8 Å². The Hall–Kier alpha value is -3.39. The summed E-state index contributed by atoms with van der Waals surface area (Å²) in [6.45, 7) is 4.61. The molecule has 3 N–H and O–H groups in total. The maximum atomic E-state index is 13.9. The van der Waals surface area contributed by atoms with Gasteiger partial charge in [-0.2, -0.15) is 4.39 Å². The molecule has 3 aliphatic heterocycles. The number of nitrogens with zero attached hydrogens (tertiary/aromatic N) is 3. The summed E-state index contributed by atoms with van der Waals surface area (Å²) in [5.41, 5.74) is 8.77. The Labute approximate surface area is 201 Å². The number of benzene rings is 1. The van der Waals surface area contributed by atoms with Crippen LogP contribution in [0.4, 0.5) is 10.1 Å². The van der Waals surface area contributed by atoms with Gasteiger partial charge in [-0.25, -0.2) is 4.98 Å². The molecule has 7 rings (SSSR count). The quantitative estimate of drug-likeness (QED) is 0.377. The lowest BCUT2D eigenvalue weighted by atomic mass is 9.60. The average Bonchev–Trinajstić information content (AvgIpc) is 3.17. The molecule has 35 heavy (non-hydrogen) atoms. The van der Waals surface area contributed by atoms with Crippen molar-refractivity contribution in [3.8, 4) is 11.1 Å². The van der Waals surface area contributed by atoms with Gasteiger partial charge in [0.1, 0.15) is 11.1 Å². The third-order valence-corrected chi connectivity index (χ3v) is 9.29. The molecule has 2 unspecified atom stereocenters. The highest BCUT2D eigenvalue weighted by Gasteiger charge is 2.82. The minimum Gasteiger partial charge on any atom is -0.327 e. The Morgan fingerprint density at radius 3 is 2.71 bits per heavy atom. The maximum absolute atomic E-state index is 13.9. The van der Waals surface area contributed by atoms with E-state index in [9.17, 15) is 19.2 Å². The van der Waals surface area contributed by atoms with Gasteiger partial charge in [0.25, 0.3) is 5.69 Å². The number of allylic oxidation sites excluding steroid dienone is 1. The van der Waals surface area contributed by atoms with Crippen LogP contribution in [0.1, 0.15) is 38.7 Å². The summed E-state index contributed by atoms with van der Waals surface area (Å²) in [4.78, 5) is 32.4. The van der Waals surface area contributed by atoms with E-state index < -0.39 is 28.4 Å². The molecule has 1 spiro atoms. The van der Waals surface area contributed by atoms with Gasteiger partial charge < -0.3 is 10.6 Å². The molecule has 2 saturated heterocycles. The first kappa shape index (κ1) is 20.9. The van der Waals surface area contributed by atoms with Gasteiger partial charge in [0.15, 0.2) is 5.78 Å². The van der Waals surface area contributed by atoms with Crippen LogP contribution >= 0.6 is 0 Å². The Morgan fingerprint density at radius 1 is 1.20 bits per heavy atom. The molecular formula is C27H26FN4O3+. The molecule has 178 valence electrons. The van der Waals surface area contributed by atoms with Gasteiger partial charge in [0, 0.05) is 29.1 Å². The number of fused-ring (bicyclic) bond motifs is 4. The molecule has 8 heteroatoms. The number of amides is 1. The van der Waals surface area contributed by atoms with Crippen LogP contribution in [0.25, 0.3) is 16.7 Å². The zero-order valence-electron chi connectivity index (χ0n) is 19.6. The number of carbonyl (C=O) groups is 2. The fourth-order valence-electron chi connectivity index (χ4n) is 7.45. The summed E-state index contributed by atoms with van der Waals surface area (Å²) in [5, 5.41) is 11.4. The third kappa shape index (κ3) is 2.29. The molecule has 1 saturated carbocycles. The van der Waals surface area contributed by atoms with E-state index in [0.717, 1.165) is 28.7 Å². The molecule has 1 aromatic heterocycles. The second-order valence-corrected chi connectivity index (χ2v) is 11.2. The molecule has 4 atom stereocenters. The van der Waals surface area contributed by atoms with E-state index in [1.807, 2.05) is 38.1 Å². The average molecular weight is 474 g/mol. The molecule has 7 nitrogen and oxygen atoms in total. The van der Waals surface area contributed by atoms with Crippen LogP contribution in [0.3, 0.4) is 0 Å². The number of nitrogens with two attached hydrogens (primary N) is 1. The molecule has 5 aliphatic rings. The molecule has 1 amide bonds. The van der Waals surface area contributed by atoms with Crippen LogP contribution in [0.5, 0.6) is 0 Å². The summed E-state index contributed by atoms with van der Waals surface area (Å²) in [5.74, 6) is -1.24. The monoisotopic (exact) mass is 473 g/mol. The number of carbonyl (C=O) groups excluding carboxylic acids is 2. The molecular weight excluding hydrogens is 447 g/mol. The molecule has 0 radical (unpaired) electrons. The van der Waals surface area contributed by atoms with E-state index in [4.69, 9.17) is 5.73 Å². The first-order valence-corrected chi connectivity index (χ1v) is 12.1. The van der Waals surface area contributed by atoms with Gasteiger partial charge in [-0.05, 0) is 62.8 Å². The van der Waals surface area contributed by atoms with Crippen LogP contribution in [0, 0.1) is 23.2 Å². The van der Waals surface area contributed by atoms with Crippen LogP contribution in [0.15, 0.2) is 42.6 Å². The number of aromatic nitrogens is 1. The Kier molecular flexibility index (Phi) is 3.73. The number of hydrogen-bond donors (Lipinski definition) is 2. The second-order valence-electron chi connectivity index (χ2n) is 11.2. The smallest absolute Gasteiger partial charge is 0.266 e. The zero-order chi connectivity index (χ0) is 24.5. The SMILES string of the molecule is CC1(C)C2=[N+](O)c3cc(-c4ccc(F)nc4)ccc3C2=C[C@H]2C(=O)N3CCCC34C(=O)[C@@]4(N)CC21. The highest BCUT2D eigenvalue weighted by atomic mass is 19.1. The summed E-state index contributed by atoms with van der Waals surface area (Å²) < 4.78 is 14.5. The molecule has 0 bridgehead atoms. The first-order valence-electron chi connectivity index (χ1n) is 12.1. The first-order chi connectivity index (χ1) is 16.6. The maximum Gasteiger partial charge on any atom is 0.266 e. The lowest BCUT2D eigenvalue weighted by Gasteiger charge is -2.39. The van der Waals surface area contributed by atoms with Crippen LogP contribution in [-0.2, 0) is 9.59 Å². The van der Waals surface area contributed by atoms with Crippen LogP contribution in [0.2, 0.25) is 0 Å². The largest absolute Gasteiger partial charge is 0.327 e. The van der Waals surface area contributed by atoms with Gasteiger partial charge in [0.05, 0.1) is 22.5 Å². The highest BCUT2D eigenvalue weighted by Crippen LogP contribution is 2.63. The number of hydrogen-bond acceptors (Lipinski definition) is 5. The van der Waals surface area contributed by atoms with Crippen molar-refractivity contribution in [1.82, 2.24) is 9.88 Å². The predicted molar refractivity (Wildman–Crippen MR) is 125 cm³/mol. The molecule has 2 aliphatic carbocycles. The number of Topliss-reactive ketones (excluding diaryl/α,β-unsaturated/α-hetero) is 1. The standard InChI is InChI=1S/C27H26FN4O3/c1-25(2)19-12-26(29)24(34)27(26)8-3-9-31(27)23(33)18(19)11-17-16-6-4-14(10-20(16)32(35)22(17)25)15-5-7-21(28)30-13-15/h4-7,10-11,13,18-19,35H,3,8-9,12,29H2,1-2H3/q+1/t18-,19?,26+,27?/m1/s1. The van der Waals surface area contributed by atoms with Gasteiger partial charge in [-0.15, -0.1) is 0 Å². The lowest BCUT2D eigenvalue weighted by molar-refractivity contribution is -0.712. The fraction of sp³-hybridized carbons (Fsp3) is 0.407. The molecule has 3 fully saturated rings. The minimum atomic E-state index is -1.02. The van der Waals surface area contributed by atoms with Crippen molar-refractivity contribution in [1.29, 1.82) is 0 Å². The van der Waals surface area contributed by atoms with Crippen molar-refractivity contribution >= 4 is 28.7 Å². The van der Waals surface area contributed by atoms with E-state index in [1.54, 1.807) is 11.0 Å². The Balaban J connectivity index is 1.38. The van der Waals surface area contributed by atoms with E-state index in [2.05, 4.69) is 4.98 Å². The van der Waals surface area contributed by atoms with E-state index >= 15 is 0 Å². The normalized spacial score (nSPS) is 33.9. The lowest BCUT2D eigenvalue weighted by Crippen LogP contribution is -2.48. The van der Waals surface area contributed by atoms with Crippen LogP contribution in [-0.4, -0.2) is 54.9 Å². The van der Waals surface area contributed by atoms with Crippen molar-refractivity contribution in [2.75, 3.05) is 6.54 Å². The van der Waals surface area contributed by atoms with Crippen molar-refractivity contribution < 1.29 is 23.9 Å². The topological polar surface area (TPSA) is 99.5 Å². The second kappa shape index (κ2) is 6.23. The summed E-state index contributed by atoms with van der Waals surface area (Å²) in [6.07, 6.45) is 5.28. The van der Waals surface area contributed by atoms with Gasteiger partial charge >= 0.3 is 0 Å². The third-order valence-electron chi connectivity index (χ3n) is 9.29. The van der Waals surface area contributed by atoms with Crippen LogP contribution < -0.4 is 5.73 Å². The number of halogens is 1. The van der Waals surface area contributed by atoms with Crippen molar-refractivity contribution in [3.63, 3.8) is 0 Å². The Bertz CT molecular complexity index is 1430.